The van der Waals surface area contributed by atoms with E-state index < -0.39 is 5.82 Å². The van der Waals surface area contributed by atoms with Gasteiger partial charge in [0.05, 0.1) is 10.5 Å². The van der Waals surface area contributed by atoms with E-state index in [-0.39, 0.29) is 5.02 Å². The second-order valence-electron chi connectivity index (χ2n) is 4.00. The van der Waals surface area contributed by atoms with Crippen molar-refractivity contribution in [3.8, 4) is 11.4 Å². The summed E-state index contributed by atoms with van der Waals surface area (Å²) in [5.74, 6) is 0.750. The van der Waals surface area contributed by atoms with Crippen molar-refractivity contribution in [2.75, 3.05) is 12.4 Å². The van der Waals surface area contributed by atoms with Crippen LogP contribution in [0.25, 0.3) is 22.6 Å². The molecule has 4 nitrogen and oxygen atoms in total. The molecule has 0 unspecified atom stereocenters. The number of anilines is 1. The van der Waals surface area contributed by atoms with Crippen LogP contribution in [0.4, 0.5) is 10.2 Å². The van der Waals surface area contributed by atoms with Crippen molar-refractivity contribution in [2.24, 2.45) is 0 Å². The molecule has 2 aromatic heterocycles. The molecule has 0 fully saturated rings. The molecule has 0 atom stereocenters. The fraction of sp³-hybridized carbons (Fsp3) is 0.0769. The van der Waals surface area contributed by atoms with Gasteiger partial charge in [-0.3, -0.25) is 0 Å². The number of fused-ring (bicyclic) bond motifs is 1. The SMILES string of the molecule is CNc1ccc2[nH]c(-c3cccc(F)c3Cl)nc2n1. The van der Waals surface area contributed by atoms with Crippen LogP contribution in [0.15, 0.2) is 30.3 Å². The minimum Gasteiger partial charge on any atom is -0.373 e. The number of hydrogen-bond acceptors (Lipinski definition) is 3. The van der Waals surface area contributed by atoms with Gasteiger partial charge in [0.1, 0.15) is 17.5 Å². The minimum atomic E-state index is -0.469. The third-order valence-corrected chi connectivity index (χ3v) is 3.19. The number of aromatic amines is 1. The maximum atomic E-state index is 13.4. The second-order valence-corrected chi connectivity index (χ2v) is 4.38. The van der Waals surface area contributed by atoms with Gasteiger partial charge in [0.2, 0.25) is 0 Å². The Kier molecular flexibility index (Phi) is 2.83. The highest BCUT2D eigenvalue weighted by atomic mass is 35.5. The molecule has 19 heavy (non-hydrogen) atoms. The highest BCUT2D eigenvalue weighted by molar-refractivity contribution is 6.33. The largest absolute Gasteiger partial charge is 0.373 e. The molecule has 6 heteroatoms. The number of hydrogen-bond donors (Lipinski definition) is 2. The molecule has 0 aliphatic heterocycles. The number of rotatable bonds is 2. The third kappa shape index (κ3) is 2.02. The van der Waals surface area contributed by atoms with Crippen LogP contribution in [0.2, 0.25) is 5.02 Å². The number of imidazole rings is 1. The number of aromatic nitrogens is 3. The molecule has 0 saturated carbocycles. The van der Waals surface area contributed by atoms with Gasteiger partial charge in [-0.1, -0.05) is 17.7 Å². The molecule has 0 aliphatic rings. The number of H-pyrrole nitrogens is 1. The molecule has 2 N–H and O–H groups in total. The van der Waals surface area contributed by atoms with E-state index in [0.717, 1.165) is 11.3 Å². The van der Waals surface area contributed by atoms with Crippen molar-refractivity contribution in [1.82, 2.24) is 15.0 Å². The van der Waals surface area contributed by atoms with Crippen molar-refractivity contribution in [3.05, 3.63) is 41.2 Å². The standard InChI is InChI=1S/C13H10ClFN4/c1-16-10-6-5-9-13(18-10)19-12(17-9)7-3-2-4-8(15)11(7)14/h2-6H,1H3,(H2,16,17,18,19). The maximum Gasteiger partial charge on any atom is 0.180 e. The Morgan fingerprint density at radius 1 is 1.21 bits per heavy atom. The number of benzene rings is 1. The molecule has 3 rings (SSSR count). The van der Waals surface area contributed by atoms with Crippen molar-refractivity contribution in [2.45, 2.75) is 0 Å². The van der Waals surface area contributed by atoms with Crippen LogP contribution in [0, 0.1) is 5.82 Å². The Morgan fingerprint density at radius 3 is 2.84 bits per heavy atom. The Morgan fingerprint density at radius 2 is 2.05 bits per heavy atom. The summed E-state index contributed by atoms with van der Waals surface area (Å²) in [5.41, 5.74) is 1.85. The quantitative estimate of drug-likeness (QED) is 0.754. The van der Waals surface area contributed by atoms with E-state index in [1.807, 2.05) is 12.1 Å². The van der Waals surface area contributed by atoms with Gasteiger partial charge >= 0.3 is 0 Å². The van der Waals surface area contributed by atoms with Crippen molar-refractivity contribution in [3.63, 3.8) is 0 Å². The minimum absolute atomic E-state index is 0.0513. The molecule has 0 aliphatic carbocycles. The van der Waals surface area contributed by atoms with Crippen LogP contribution in [-0.2, 0) is 0 Å². The first-order valence-electron chi connectivity index (χ1n) is 5.68. The number of nitrogens with zero attached hydrogens (tertiary/aromatic N) is 2. The summed E-state index contributed by atoms with van der Waals surface area (Å²) in [6, 6.07) is 8.31. The van der Waals surface area contributed by atoms with E-state index >= 15 is 0 Å². The molecule has 0 saturated heterocycles. The van der Waals surface area contributed by atoms with Crippen LogP contribution in [-0.4, -0.2) is 22.0 Å². The predicted molar refractivity (Wildman–Crippen MR) is 73.8 cm³/mol. The number of halogens is 2. The third-order valence-electron chi connectivity index (χ3n) is 2.81. The highest BCUT2D eigenvalue weighted by Crippen LogP contribution is 2.29. The Balaban J connectivity index is 2.18. The van der Waals surface area contributed by atoms with E-state index in [0.29, 0.717) is 17.0 Å². The Labute approximate surface area is 113 Å². The van der Waals surface area contributed by atoms with Gasteiger partial charge in [-0.15, -0.1) is 0 Å². The van der Waals surface area contributed by atoms with Crippen molar-refractivity contribution < 1.29 is 4.39 Å². The molecule has 0 amide bonds. The van der Waals surface area contributed by atoms with E-state index in [1.54, 1.807) is 19.2 Å². The van der Waals surface area contributed by atoms with Gasteiger partial charge in [-0.25, -0.2) is 14.4 Å². The fourth-order valence-electron chi connectivity index (χ4n) is 1.85. The lowest BCUT2D eigenvalue weighted by atomic mass is 10.2. The average Bonchev–Trinajstić information content (AvgIpc) is 2.84. The van der Waals surface area contributed by atoms with Crippen LogP contribution < -0.4 is 5.32 Å². The lowest BCUT2D eigenvalue weighted by Crippen LogP contribution is -1.91. The first-order chi connectivity index (χ1) is 9.19. The summed E-state index contributed by atoms with van der Waals surface area (Å²) in [7, 11) is 1.78. The van der Waals surface area contributed by atoms with Gasteiger partial charge in [0.25, 0.3) is 0 Å². The fourth-order valence-corrected chi connectivity index (χ4v) is 2.06. The highest BCUT2D eigenvalue weighted by Gasteiger charge is 2.12. The van der Waals surface area contributed by atoms with Gasteiger partial charge in [0.15, 0.2) is 5.65 Å². The van der Waals surface area contributed by atoms with Gasteiger partial charge in [0, 0.05) is 12.6 Å². The van der Waals surface area contributed by atoms with Crippen LogP contribution in [0.3, 0.4) is 0 Å². The zero-order valence-electron chi connectivity index (χ0n) is 10.0. The summed E-state index contributed by atoms with van der Waals surface area (Å²) < 4.78 is 13.4. The first kappa shape index (κ1) is 11.9. The van der Waals surface area contributed by atoms with Crippen LogP contribution in [0.5, 0.6) is 0 Å². The summed E-state index contributed by atoms with van der Waals surface area (Å²) in [6.45, 7) is 0. The normalized spacial score (nSPS) is 10.9. The Bertz CT molecular complexity index is 753. The topological polar surface area (TPSA) is 53.6 Å². The van der Waals surface area contributed by atoms with E-state index in [1.165, 1.54) is 6.07 Å². The molecule has 0 bridgehead atoms. The maximum absolute atomic E-state index is 13.4. The molecular weight excluding hydrogens is 267 g/mol. The molecule has 0 spiro atoms. The first-order valence-corrected chi connectivity index (χ1v) is 6.06. The molecule has 2 heterocycles. The van der Waals surface area contributed by atoms with Crippen molar-refractivity contribution >= 4 is 28.6 Å². The van der Waals surface area contributed by atoms with E-state index in [9.17, 15) is 4.39 Å². The number of nitrogens with one attached hydrogen (secondary N) is 2. The summed E-state index contributed by atoms with van der Waals surface area (Å²) in [6.07, 6.45) is 0. The van der Waals surface area contributed by atoms with Crippen LogP contribution in [0.1, 0.15) is 0 Å². The molecule has 3 aromatic rings. The Hall–Kier alpha value is -2.14. The molecular formula is C13H10ClFN4. The average molecular weight is 277 g/mol. The summed E-state index contributed by atoms with van der Waals surface area (Å²) >= 11 is 5.95. The lowest BCUT2D eigenvalue weighted by Gasteiger charge is -2.00. The van der Waals surface area contributed by atoms with E-state index in [4.69, 9.17) is 11.6 Å². The van der Waals surface area contributed by atoms with Gasteiger partial charge < -0.3 is 10.3 Å². The second kappa shape index (κ2) is 4.51. The monoisotopic (exact) mass is 276 g/mol. The zero-order valence-corrected chi connectivity index (χ0v) is 10.8. The zero-order chi connectivity index (χ0) is 13.4. The number of pyridine rings is 1. The smallest absolute Gasteiger partial charge is 0.180 e. The lowest BCUT2D eigenvalue weighted by molar-refractivity contribution is 0.628. The van der Waals surface area contributed by atoms with Gasteiger partial charge in [-0.2, -0.15) is 0 Å². The summed E-state index contributed by atoms with van der Waals surface area (Å²) in [5, 5.41) is 2.99. The summed E-state index contributed by atoms with van der Waals surface area (Å²) in [4.78, 5) is 11.7. The molecule has 96 valence electrons. The predicted octanol–water partition coefficient (Wildman–Crippen LogP) is 3.46. The molecule has 1 aromatic carbocycles. The van der Waals surface area contributed by atoms with Crippen molar-refractivity contribution in [1.29, 1.82) is 0 Å². The van der Waals surface area contributed by atoms with Crippen LogP contribution >= 0.6 is 11.6 Å². The molecule has 0 radical (unpaired) electrons. The van der Waals surface area contributed by atoms with Gasteiger partial charge in [-0.05, 0) is 24.3 Å². The van der Waals surface area contributed by atoms with E-state index in [2.05, 4.69) is 20.3 Å².